The van der Waals surface area contributed by atoms with Crippen LogP contribution in [0, 0.1) is 0 Å². The predicted octanol–water partition coefficient (Wildman–Crippen LogP) is -0.413. The molecule has 0 aromatic carbocycles. The van der Waals surface area contributed by atoms with Crippen molar-refractivity contribution in [1.82, 2.24) is 5.32 Å². The summed E-state index contributed by atoms with van der Waals surface area (Å²) in [4.78, 5) is 10.6. The lowest BCUT2D eigenvalue weighted by molar-refractivity contribution is -0.149. The Morgan fingerprint density at radius 1 is 1.60 bits per heavy atom. The van der Waals surface area contributed by atoms with Gasteiger partial charge in [0.1, 0.15) is 0 Å². The number of ether oxygens (including phenoxy) is 1. The number of carboxylic acids is 1. The van der Waals surface area contributed by atoms with Crippen LogP contribution in [0.25, 0.3) is 0 Å². The summed E-state index contributed by atoms with van der Waals surface area (Å²) in [6.07, 6.45) is 2.36. The van der Waals surface area contributed by atoms with E-state index < -0.39 is 22.9 Å². The maximum absolute atomic E-state index is 10.7. The molecule has 1 aliphatic heterocycles. The highest BCUT2D eigenvalue weighted by molar-refractivity contribution is 7.84. The van der Waals surface area contributed by atoms with Crippen LogP contribution in [0.3, 0.4) is 0 Å². The third-order valence-electron chi connectivity index (χ3n) is 2.32. The molecule has 5 nitrogen and oxygen atoms in total. The van der Waals surface area contributed by atoms with Crippen molar-refractivity contribution in [2.24, 2.45) is 0 Å². The monoisotopic (exact) mass is 235 g/mol. The zero-order valence-electron chi connectivity index (χ0n) is 8.77. The zero-order valence-corrected chi connectivity index (χ0v) is 9.59. The van der Waals surface area contributed by atoms with Crippen molar-refractivity contribution >= 4 is 16.8 Å². The Morgan fingerprint density at radius 3 is 2.87 bits per heavy atom. The third kappa shape index (κ3) is 4.72. The van der Waals surface area contributed by atoms with Crippen LogP contribution in [0.4, 0.5) is 0 Å². The number of nitrogens with one attached hydrogen (secondary N) is 1. The van der Waals surface area contributed by atoms with Crippen molar-refractivity contribution in [2.45, 2.75) is 25.0 Å². The van der Waals surface area contributed by atoms with E-state index in [-0.39, 0.29) is 6.10 Å². The minimum atomic E-state index is -0.882. The molecular weight excluding hydrogens is 218 g/mol. The summed E-state index contributed by atoms with van der Waals surface area (Å²) in [6.45, 7) is 1.32. The normalized spacial score (nSPS) is 27.8. The molecule has 6 heteroatoms. The summed E-state index contributed by atoms with van der Waals surface area (Å²) < 4.78 is 16.0. The van der Waals surface area contributed by atoms with Gasteiger partial charge in [0.2, 0.25) is 0 Å². The quantitative estimate of drug-likeness (QED) is 0.612. The first-order valence-electron chi connectivity index (χ1n) is 4.98. The molecule has 0 spiro atoms. The van der Waals surface area contributed by atoms with E-state index in [1.807, 2.05) is 0 Å². The molecule has 1 fully saturated rings. The molecule has 0 aromatic heterocycles. The molecule has 1 heterocycles. The van der Waals surface area contributed by atoms with Crippen LogP contribution in [0.2, 0.25) is 0 Å². The van der Waals surface area contributed by atoms with Gasteiger partial charge in [0.25, 0.3) is 0 Å². The molecule has 0 aliphatic carbocycles. The molecule has 0 bridgehead atoms. The number of aliphatic carboxylic acids is 1. The number of hydrogen-bond acceptors (Lipinski definition) is 4. The summed E-state index contributed by atoms with van der Waals surface area (Å²) in [5.74, 6) is -0.262. The standard InChI is InChI=1S/C9H17NO4S/c1-15(13)5-4-10-6-7-2-3-8(14-7)9(11)12/h7-8,10H,2-6H2,1H3,(H,11,12). The van der Waals surface area contributed by atoms with Crippen molar-refractivity contribution < 1.29 is 18.8 Å². The Bertz CT molecular complexity index is 246. The van der Waals surface area contributed by atoms with Crippen LogP contribution in [-0.4, -0.2) is 52.6 Å². The molecule has 0 aromatic rings. The van der Waals surface area contributed by atoms with E-state index in [0.29, 0.717) is 25.3 Å². The van der Waals surface area contributed by atoms with Crippen molar-refractivity contribution in [1.29, 1.82) is 0 Å². The number of carbonyl (C=O) groups is 1. The summed E-state index contributed by atoms with van der Waals surface area (Å²) in [5, 5.41) is 11.8. The molecule has 0 radical (unpaired) electrons. The number of carboxylic acid groups (broad SMARTS) is 1. The van der Waals surface area contributed by atoms with E-state index in [9.17, 15) is 9.00 Å². The van der Waals surface area contributed by atoms with E-state index in [1.165, 1.54) is 0 Å². The maximum Gasteiger partial charge on any atom is 0.332 e. The average Bonchev–Trinajstić information content (AvgIpc) is 2.60. The lowest BCUT2D eigenvalue weighted by Crippen LogP contribution is -2.31. The van der Waals surface area contributed by atoms with Crippen molar-refractivity contribution in [3.63, 3.8) is 0 Å². The fourth-order valence-electron chi connectivity index (χ4n) is 1.52. The molecule has 3 atom stereocenters. The van der Waals surface area contributed by atoms with Crippen LogP contribution in [0.1, 0.15) is 12.8 Å². The summed E-state index contributed by atoms with van der Waals surface area (Å²) in [6, 6.07) is 0. The Hall–Kier alpha value is -0.460. The highest BCUT2D eigenvalue weighted by atomic mass is 32.2. The Labute approximate surface area is 91.6 Å². The number of rotatable bonds is 6. The van der Waals surface area contributed by atoms with Gasteiger partial charge in [-0.05, 0) is 12.8 Å². The second kappa shape index (κ2) is 6.19. The Kier molecular flexibility index (Phi) is 5.21. The van der Waals surface area contributed by atoms with Gasteiger partial charge < -0.3 is 15.2 Å². The van der Waals surface area contributed by atoms with E-state index in [0.717, 1.165) is 6.42 Å². The molecule has 1 saturated heterocycles. The summed E-state index contributed by atoms with van der Waals surface area (Å²) in [7, 11) is -0.780. The molecule has 1 aliphatic rings. The topological polar surface area (TPSA) is 75.6 Å². The smallest absolute Gasteiger partial charge is 0.332 e. The highest BCUT2D eigenvalue weighted by Gasteiger charge is 2.29. The van der Waals surface area contributed by atoms with Crippen molar-refractivity contribution in [3.05, 3.63) is 0 Å². The van der Waals surface area contributed by atoms with Crippen LogP contribution >= 0.6 is 0 Å². The highest BCUT2D eigenvalue weighted by Crippen LogP contribution is 2.18. The lowest BCUT2D eigenvalue weighted by Gasteiger charge is -2.11. The van der Waals surface area contributed by atoms with Crippen LogP contribution in [-0.2, 0) is 20.3 Å². The van der Waals surface area contributed by atoms with Gasteiger partial charge >= 0.3 is 5.97 Å². The minimum absolute atomic E-state index is 0.0172. The Morgan fingerprint density at radius 2 is 2.33 bits per heavy atom. The maximum atomic E-state index is 10.7. The molecule has 3 unspecified atom stereocenters. The van der Waals surface area contributed by atoms with Gasteiger partial charge in [-0.3, -0.25) is 4.21 Å². The molecule has 15 heavy (non-hydrogen) atoms. The fourth-order valence-corrected chi connectivity index (χ4v) is 1.95. The Balaban J connectivity index is 2.09. The number of hydrogen-bond donors (Lipinski definition) is 2. The van der Waals surface area contributed by atoms with E-state index in [4.69, 9.17) is 9.84 Å². The van der Waals surface area contributed by atoms with E-state index in [1.54, 1.807) is 6.26 Å². The van der Waals surface area contributed by atoms with Crippen LogP contribution < -0.4 is 5.32 Å². The molecule has 2 N–H and O–H groups in total. The van der Waals surface area contributed by atoms with Gasteiger partial charge in [0.05, 0.1) is 6.10 Å². The fraction of sp³-hybridized carbons (Fsp3) is 0.889. The van der Waals surface area contributed by atoms with Gasteiger partial charge in [0.15, 0.2) is 6.10 Å². The second-order valence-corrected chi connectivity index (χ2v) is 5.20. The molecule has 0 saturated carbocycles. The van der Waals surface area contributed by atoms with E-state index in [2.05, 4.69) is 5.32 Å². The van der Waals surface area contributed by atoms with Crippen molar-refractivity contribution in [3.8, 4) is 0 Å². The SMILES string of the molecule is CS(=O)CCNCC1CCC(C(=O)O)O1. The molecule has 0 amide bonds. The molecule has 1 rings (SSSR count). The van der Waals surface area contributed by atoms with Crippen LogP contribution in [0.5, 0.6) is 0 Å². The third-order valence-corrected chi connectivity index (χ3v) is 3.10. The zero-order chi connectivity index (χ0) is 11.3. The first-order valence-corrected chi connectivity index (χ1v) is 6.71. The predicted molar refractivity (Wildman–Crippen MR) is 57.3 cm³/mol. The lowest BCUT2D eigenvalue weighted by atomic mass is 10.2. The molecular formula is C9H17NO4S. The summed E-state index contributed by atoms with van der Waals surface area (Å²) in [5.41, 5.74) is 0. The van der Waals surface area contributed by atoms with Crippen molar-refractivity contribution in [2.75, 3.05) is 25.1 Å². The first-order chi connectivity index (χ1) is 7.09. The van der Waals surface area contributed by atoms with Gasteiger partial charge in [-0.1, -0.05) is 0 Å². The van der Waals surface area contributed by atoms with Gasteiger partial charge in [-0.2, -0.15) is 0 Å². The van der Waals surface area contributed by atoms with E-state index >= 15 is 0 Å². The van der Waals surface area contributed by atoms with Gasteiger partial charge in [-0.25, -0.2) is 4.79 Å². The molecule has 88 valence electrons. The van der Waals surface area contributed by atoms with Gasteiger partial charge in [0, 0.05) is 35.9 Å². The second-order valence-electron chi connectivity index (χ2n) is 3.64. The first kappa shape index (κ1) is 12.6. The minimum Gasteiger partial charge on any atom is -0.479 e. The summed E-state index contributed by atoms with van der Waals surface area (Å²) >= 11 is 0. The van der Waals surface area contributed by atoms with Crippen LogP contribution in [0.15, 0.2) is 0 Å². The largest absolute Gasteiger partial charge is 0.479 e. The van der Waals surface area contributed by atoms with Gasteiger partial charge in [-0.15, -0.1) is 0 Å². The average molecular weight is 235 g/mol.